The van der Waals surface area contributed by atoms with E-state index in [1.165, 1.54) is 4.90 Å². The van der Waals surface area contributed by atoms with Gasteiger partial charge in [0.2, 0.25) is 0 Å². The van der Waals surface area contributed by atoms with E-state index in [-0.39, 0.29) is 5.56 Å². The second-order valence-electron chi connectivity index (χ2n) is 6.92. The van der Waals surface area contributed by atoms with Gasteiger partial charge in [-0.05, 0) is 38.1 Å². The van der Waals surface area contributed by atoms with E-state index in [4.69, 9.17) is 4.74 Å². The quantitative estimate of drug-likeness (QED) is 0.794. The number of amides is 1. The maximum atomic E-state index is 13.5. The van der Waals surface area contributed by atoms with Gasteiger partial charge >= 0.3 is 6.18 Å². The highest BCUT2D eigenvalue weighted by Gasteiger charge is 2.41. The molecule has 0 radical (unpaired) electrons. The molecular formula is C19H23F3N4O2. The lowest BCUT2D eigenvalue weighted by Gasteiger charge is -2.36. The molecule has 0 saturated carbocycles. The Morgan fingerprint density at radius 3 is 2.21 bits per heavy atom. The summed E-state index contributed by atoms with van der Waals surface area (Å²) in [5, 5.41) is 3.80. The van der Waals surface area contributed by atoms with Gasteiger partial charge in [0.15, 0.2) is 5.69 Å². The maximum Gasteiger partial charge on any atom is 0.433 e. The summed E-state index contributed by atoms with van der Waals surface area (Å²) >= 11 is 0. The third-order valence-electron chi connectivity index (χ3n) is 4.79. The average Bonchev–Trinajstić information content (AvgIpc) is 3.14. The first-order valence-electron chi connectivity index (χ1n) is 9.05. The zero-order valence-electron chi connectivity index (χ0n) is 16.0. The van der Waals surface area contributed by atoms with Crippen molar-refractivity contribution in [2.75, 3.05) is 38.2 Å². The van der Waals surface area contributed by atoms with E-state index >= 15 is 0 Å². The van der Waals surface area contributed by atoms with E-state index in [1.54, 1.807) is 21.0 Å². The summed E-state index contributed by atoms with van der Waals surface area (Å²) in [6, 6.07) is 7.05. The van der Waals surface area contributed by atoms with Crippen molar-refractivity contribution in [2.24, 2.45) is 0 Å². The summed E-state index contributed by atoms with van der Waals surface area (Å²) in [5.41, 5.74) is -0.388. The Hall–Kier alpha value is -2.71. The zero-order chi connectivity index (χ0) is 20.5. The lowest BCUT2D eigenvalue weighted by Crippen LogP contribution is -2.49. The molecule has 152 valence electrons. The first-order valence-corrected chi connectivity index (χ1v) is 9.05. The molecule has 0 bridgehead atoms. The lowest BCUT2D eigenvalue weighted by atomic mass is 10.1. The number of halogens is 3. The highest BCUT2D eigenvalue weighted by Crippen LogP contribution is 2.34. The van der Waals surface area contributed by atoms with Crippen LogP contribution >= 0.6 is 0 Å². The molecule has 1 saturated heterocycles. The fourth-order valence-electron chi connectivity index (χ4n) is 3.32. The van der Waals surface area contributed by atoms with Crippen molar-refractivity contribution >= 4 is 11.6 Å². The minimum atomic E-state index is -4.64. The summed E-state index contributed by atoms with van der Waals surface area (Å²) < 4.78 is 46.6. The van der Waals surface area contributed by atoms with Crippen molar-refractivity contribution in [3.05, 3.63) is 41.7 Å². The van der Waals surface area contributed by atoms with E-state index in [0.29, 0.717) is 26.2 Å². The van der Waals surface area contributed by atoms with Crippen LogP contribution in [-0.4, -0.2) is 53.9 Å². The molecule has 2 aromatic rings. The number of anilines is 1. The highest BCUT2D eigenvalue weighted by atomic mass is 19.4. The predicted octanol–water partition coefficient (Wildman–Crippen LogP) is 3.45. The molecule has 3 rings (SSSR count). The van der Waals surface area contributed by atoms with E-state index in [1.807, 2.05) is 24.3 Å². The molecule has 6 nitrogen and oxygen atoms in total. The molecule has 1 amide bonds. The largest absolute Gasteiger partial charge is 0.497 e. The number of hydrogen-bond donors (Lipinski definition) is 0. The third-order valence-corrected chi connectivity index (χ3v) is 4.79. The lowest BCUT2D eigenvalue weighted by molar-refractivity contribution is -0.145. The van der Waals surface area contributed by atoms with E-state index < -0.39 is 23.8 Å². The SMILES string of the molecule is COc1ccc(N2CCN(C(=O)c3cnn(C(C)C)c3C(F)(F)F)CC2)cc1. The number of nitrogens with zero attached hydrogens (tertiary/aromatic N) is 4. The molecule has 0 spiro atoms. The van der Waals surface area contributed by atoms with Gasteiger partial charge in [0, 0.05) is 37.9 Å². The number of piperazine rings is 1. The van der Waals surface area contributed by atoms with Crippen molar-refractivity contribution in [2.45, 2.75) is 26.1 Å². The predicted molar refractivity (Wildman–Crippen MR) is 98.7 cm³/mol. The zero-order valence-corrected chi connectivity index (χ0v) is 16.0. The Morgan fingerprint density at radius 1 is 1.11 bits per heavy atom. The summed E-state index contributed by atoms with van der Waals surface area (Å²) in [4.78, 5) is 16.3. The second-order valence-corrected chi connectivity index (χ2v) is 6.92. The Labute approximate surface area is 161 Å². The van der Waals surface area contributed by atoms with Crippen LogP contribution in [-0.2, 0) is 6.18 Å². The molecule has 1 fully saturated rings. The molecule has 2 heterocycles. The van der Waals surface area contributed by atoms with Crippen molar-refractivity contribution in [3.63, 3.8) is 0 Å². The molecule has 9 heteroatoms. The van der Waals surface area contributed by atoms with Gasteiger partial charge in [-0.1, -0.05) is 0 Å². The van der Waals surface area contributed by atoms with Gasteiger partial charge in [-0.15, -0.1) is 0 Å². The monoisotopic (exact) mass is 396 g/mol. The minimum absolute atomic E-state index is 0.342. The number of carbonyl (C=O) groups excluding carboxylic acids is 1. The second kappa shape index (κ2) is 7.73. The highest BCUT2D eigenvalue weighted by molar-refractivity contribution is 5.95. The van der Waals surface area contributed by atoms with Crippen molar-refractivity contribution in [1.29, 1.82) is 0 Å². The molecule has 0 unspecified atom stereocenters. The number of methoxy groups -OCH3 is 1. The number of ether oxygens (including phenoxy) is 1. The Balaban J connectivity index is 1.73. The van der Waals surface area contributed by atoms with Crippen molar-refractivity contribution < 1.29 is 22.7 Å². The molecule has 0 atom stereocenters. The number of hydrogen-bond acceptors (Lipinski definition) is 4. The van der Waals surface area contributed by atoms with Crippen LogP contribution < -0.4 is 9.64 Å². The van der Waals surface area contributed by atoms with E-state index in [2.05, 4.69) is 10.00 Å². The summed E-state index contributed by atoms with van der Waals surface area (Å²) in [6.45, 7) is 4.97. The van der Waals surface area contributed by atoms with Gasteiger partial charge < -0.3 is 14.5 Å². The molecule has 1 aromatic carbocycles. The Kier molecular flexibility index (Phi) is 5.53. The van der Waals surface area contributed by atoms with Crippen LogP contribution in [0.25, 0.3) is 0 Å². The number of alkyl halides is 3. The first kappa shape index (κ1) is 20.0. The fraction of sp³-hybridized carbons (Fsp3) is 0.474. The van der Waals surface area contributed by atoms with Crippen LogP contribution in [0, 0.1) is 0 Å². The van der Waals surface area contributed by atoms with Crippen LogP contribution in [0.15, 0.2) is 30.5 Å². The standard InChI is InChI=1S/C19H23F3N4O2/c1-13(2)26-17(19(20,21)22)16(12-23-26)18(27)25-10-8-24(9-11-25)14-4-6-15(28-3)7-5-14/h4-7,12-13H,8-11H2,1-3H3. The topological polar surface area (TPSA) is 50.6 Å². The Bertz CT molecular complexity index is 823. The van der Waals surface area contributed by atoms with Crippen LogP contribution in [0.1, 0.15) is 35.9 Å². The number of carbonyl (C=O) groups is 1. The number of benzene rings is 1. The maximum absolute atomic E-state index is 13.5. The third kappa shape index (κ3) is 3.93. The molecule has 1 aliphatic rings. The minimum Gasteiger partial charge on any atom is -0.497 e. The van der Waals surface area contributed by atoms with Gasteiger partial charge in [-0.2, -0.15) is 18.3 Å². The molecule has 28 heavy (non-hydrogen) atoms. The summed E-state index contributed by atoms with van der Waals surface area (Å²) in [6.07, 6.45) is -3.61. The average molecular weight is 396 g/mol. The van der Waals surface area contributed by atoms with Gasteiger partial charge in [0.05, 0.1) is 18.9 Å². The van der Waals surface area contributed by atoms with Crippen molar-refractivity contribution in [3.8, 4) is 5.75 Å². The van der Waals surface area contributed by atoms with Gasteiger partial charge in [0.1, 0.15) is 5.75 Å². The molecule has 1 aromatic heterocycles. The summed E-state index contributed by atoms with van der Waals surface area (Å²) in [5.74, 6) is 0.119. The molecule has 0 aliphatic carbocycles. The fourth-order valence-corrected chi connectivity index (χ4v) is 3.32. The van der Waals surface area contributed by atoms with E-state index in [0.717, 1.165) is 22.3 Å². The molecule has 0 N–H and O–H groups in total. The Morgan fingerprint density at radius 2 is 1.71 bits per heavy atom. The van der Waals surface area contributed by atoms with Gasteiger partial charge in [-0.25, -0.2) is 0 Å². The summed E-state index contributed by atoms with van der Waals surface area (Å²) in [7, 11) is 1.59. The molecule has 1 aliphatic heterocycles. The van der Waals surface area contributed by atoms with E-state index in [9.17, 15) is 18.0 Å². The molecular weight excluding hydrogens is 373 g/mol. The van der Waals surface area contributed by atoms with Crippen LogP contribution in [0.5, 0.6) is 5.75 Å². The van der Waals surface area contributed by atoms with Gasteiger partial charge in [-0.3, -0.25) is 9.48 Å². The van der Waals surface area contributed by atoms with Gasteiger partial charge in [0.25, 0.3) is 5.91 Å². The normalized spacial score (nSPS) is 15.2. The van der Waals surface area contributed by atoms with Crippen LogP contribution in [0.2, 0.25) is 0 Å². The van der Waals surface area contributed by atoms with Crippen LogP contribution in [0.4, 0.5) is 18.9 Å². The number of rotatable bonds is 4. The van der Waals surface area contributed by atoms with Crippen LogP contribution in [0.3, 0.4) is 0 Å². The smallest absolute Gasteiger partial charge is 0.433 e. The first-order chi connectivity index (χ1) is 13.2. The number of aromatic nitrogens is 2. The van der Waals surface area contributed by atoms with Crippen molar-refractivity contribution in [1.82, 2.24) is 14.7 Å².